The van der Waals surface area contributed by atoms with E-state index in [-0.39, 0.29) is 5.92 Å². The molecular formula is C13H16F3NO. The predicted molar refractivity (Wildman–Crippen MR) is 62.3 cm³/mol. The first-order valence-corrected chi connectivity index (χ1v) is 5.90. The van der Waals surface area contributed by atoms with Gasteiger partial charge in [-0.2, -0.15) is 13.2 Å². The summed E-state index contributed by atoms with van der Waals surface area (Å²) >= 11 is 0. The second-order valence-corrected chi connectivity index (χ2v) is 4.93. The molecule has 1 fully saturated rings. The lowest BCUT2D eigenvalue weighted by molar-refractivity contribution is -0.137. The number of alkyl halides is 3. The van der Waals surface area contributed by atoms with Crippen LogP contribution in [-0.4, -0.2) is 36.2 Å². The monoisotopic (exact) mass is 259 g/mol. The average molecular weight is 259 g/mol. The number of piperidine rings is 1. The highest BCUT2D eigenvalue weighted by Gasteiger charge is 2.31. The predicted octanol–water partition coefficient (Wildman–Crippen LogP) is 2.49. The molecule has 0 saturated carbocycles. The molecule has 1 aromatic rings. The van der Waals surface area contributed by atoms with Gasteiger partial charge in [-0.05, 0) is 37.1 Å². The maximum absolute atomic E-state index is 12.4. The zero-order valence-electron chi connectivity index (χ0n) is 10.1. The number of nitrogens with zero attached hydrogens (tertiary/aromatic N) is 1. The number of β-amino-alcohol motifs (C(OH)–C–C–N with tert-alkyl or cyclic N) is 1. The summed E-state index contributed by atoms with van der Waals surface area (Å²) in [5.74, 6) is 0.0982. The average Bonchev–Trinajstić information content (AvgIpc) is 2.27. The van der Waals surface area contributed by atoms with E-state index in [2.05, 4.69) is 0 Å². The molecule has 0 spiro atoms. The molecule has 1 aromatic carbocycles. The van der Waals surface area contributed by atoms with E-state index in [9.17, 15) is 18.3 Å². The van der Waals surface area contributed by atoms with E-state index in [1.54, 1.807) is 0 Å². The van der Waals surface area contributed by atoms with Crippen molar-refractivity contribution in [3.05, 3.63) is 35.4 Å². The summed E-state index contributed by atoms with van der Waals surface area (Å²) in [5.41, 5.74) is 0.226. The maximum atomic E-state index is 12.4. The number of rotatable bonds is 1. The van der Waals surface area contributed by atoms with Gasteiger partial charge in [0, 0.05) is 13.1 Å². The SMILES string of the molecule is CN1CC(O)CC(c2ccc(C(F)(F)F)cc2)C1. The Balaban J connectivity index is 2.14. The minimum atomic E-state index is -4.29. The third-order valence-electron chi connectivity index (χ3n) is 3.32. The fourth-order valence-electron chi connectivity index (χ4n) is 2.47. The van der Waals surface area contributed by atoms with E-state index in [1.807, 2.05) is 11.9 Å². The number of benzene rings is 1. The van der Waals surface area contributed by atoms with Gasteiger partial charge in [0.25, 0.3) is 0 Å². The lowest BCUT2D eigenvalue weighted by atomic mass is 9.89. The second-order valence-electron chi connectivity index (χ2n) is 4.93. The Labute approximate surface area is 104 Å². The molecule has 0 radical (unpaired) electrons. The third-order valence-corrected chi connectivity index (χ3v) is 3.32. The number of likely N-dealkylation sites (N-methyl/N-ethyl adjacent to an activating group) is 1. The standard InChI is InChI=1S/C13H16F3NO/c1-17-7-10(6-12(18)8-17)9-2-4-11(5-3-9)13(14,15)16/h2-5,10,12,18H,6-8H2,1H3. The number of hydrogen-bond donors (Lipinski definition) is 1. The van der Waals surface area contributed by atoms with Crippen LogP contribution < -0.4 is 0 Å². The zero-order chi connectivity index (χ0) is 13.3. The van der Waals surface area contributed by atoms with Crippen LogP contribution in [0.2, 0.25) is 0 Å². The second kappa shape index (κ2) is 4.90. The lowest BCUT2D eigenvalue weighted by Crippen LogP contribution is -2.39. The van der Waals surface area contributed by atoms with E-state index >= 15 is 0 Å². The molecule has 18 heavy (non-hydrogen) atoms. The normalized spacial score (nSPS) is 26.3. The van der Waals surface area contributed by atoms with Crippen LogP contribution in [0.25, 0.3) is 0 Å². The Hall–Kier alpha value is -1.07. The van der Waals surface area contributed by atoms with E-state index in [4.69, 9.17) is 0 Å². The van der Waals surface area contributed by atoms with Gasteiger partial charge in [0.2, 0.25) is 0 Å². The van der Waals surface area contributed by atoms with Crippen molar-refractivity contribution in [3.63, 3.8) is 0 Å². The van der Waals surface area contributed by atoms with Crippen LogP contribution in [0.5, 0.6) is 0 Å². The minimum Gasteiger partial charge on any atom is -0.392 e. The van der Waals surface area contributed by atoms with Crippen molar-refractivity contribution in [1.82, 2.24) is 4.90 Å². The first kappa shape index (κ1) is 13.4. The van der Waals surface area contributed by atoms with Crippen LogP contribution >= 0.6 is 0 Å². The van der Waals surface area contributed by atoms with Crippen LogP contribution in [0, 0.1) is 0 Å². The number of halogens is 3. The van der Waals surface area contributed by atoms with Gasteiger partial charge >= 0.3 is 6.18 Å². The molecule has 5 heteroatoms. The summed E-state index contributed by atoms with van der Waals surface area (Å²) in [6.45, 7) is 1.39. The van der Waals surface area contributed by atoms with E-state index in [0.717, 1.165) is 24.2 Å². The van der Waals surface area contributed by atoms with Crippen LogP contribution in [-0.2, 0) is 6.18 Å². The minimum absolute atomic E-state index is 0.0982. The number of aliphatic hydroxyl groups is 1. The molecule has 1 aliphatic rings. The van der Waals surface area contributed by atoms with Gasteiger partial charge in [0.1, 0.15) is 0 Å². The summed E-state index contributed by atoms with van der Waals surface area (Å²) in [6, 6.07) is 5.24. The van der Waals surface area contributed by atoms with E-state index in [0.29, 0.717) is 13.0 Å². The van der Waals surface area contributed by atoms with Crippen LogP contribution in [0.1, 0.15) is 23.5 Å². The van der Waals surface area contributed by atoms with Crippen molar-refractivity contribution < 1.29 is 18.3 Å². The van der Waals surface area contributed by atoms with Crippen molar-refractivity contribution in [3.8, 4) is 0 Å². The van der Waals surface area contributed by atoms with Gasteiger partial charge in [-0.1, -0.05) is 12.1 Å². The van der Waals surface area contributed by atoms with E-state index < -0.39 is 17.8 Å². The lowest BCUT2D eigenvalue weighted by Gasteiger charge is -2.33. The molecule has 2 nitrogen and oxygen atoms in total. The molecule has 0 bridgehead atoms. The molecule has 100 valence electrons. The number of hydrogen-bond acceptors (Lipinski definition) is 2. The molecule has 1 N–H and O–H groups in total. The quantitative estimate of drug-likeness (QED) is 0.837. The smallest absolute Gasteiger partial charge is 0.392 e. The largest absolute Gasteiger partial charge is 0.416 e. The van der Waals surface area contributed by atoms with Gasteiger partial charge in [0.15, 0.2) is 0 Å². The molecule has 0 amide bonds. The highest BCUT2D eigenvalue weighted by molar-refractivity contribution is 5.27. The molecule has 2 unspecified atom stereocenters. The van der Waals surface area contributed by atoms with Crippen molar-refractivity contribution in [1.29, 1.82) is 0 Å². The third kappa shape index (κ3) is 3.03. The molecule has 1 saturated heterocycles. The molecule has 0 aliphatic carbocycles. The highest BCUT2D eigenvalue weighted by atomic mass is 19.4. The summed E-state index contributed by atoms with van der Waals surface area (Å²) in [6.07, 6.45) is -4.09. The van der Waals surface area contributed by atoms with Crippen molar-refractivity contribution in [2.75, 3.05) is 20.1 Å². The molecule has 0 aromatic heterocycles. The van der Waals surface area contributed by atoms with E-state index in [1.165, 1.54) is 12.1 Å². The van der Waals surface area contributed by atoms with Crippen molar-refractivity contribution >= 4 is 0 Å². The molecule has 2 atom stereocenters. The Kier molecular flexibility index (Phi) is 3.64. The summed E-state index contributed by atoms with van der Waals surface area (Å²) in [4.78, 5) is 2.00. The summed E-state index contributed by atoms with van der Waals surface area (Å²) < 4.78 is 37.3. The van der Waals surface area contributed by atoms with Crippen molar-refractivity contribution in [2.45, 2.75) is 24.6 Å². The summed E-state index contributed by atoms with van der Waals surface area (Å²) in [5, 5.41) is 9.67. The molecule has 1 aliphatic heterocycles. The van der Waals surface area contributed by atoms with Crippen LogP contribution in [0.4, 0.5) is 13.2 Å². The van der Waals surface area contributed by atoms with Crippen molar-refractivity contribution in [2.24, 2.45) is 0 Å². The Bertz CT molecular complexity index is 392. The van der Waals surface area contributed by atoms with Gasteiger partial charge in [-0.3, -0.25) is 0 Å². The Morgan fingerprint density at radius 2 is 1.78 bits per heavy atom. The molecule has 2 rings (SSSR count). The molecule has 1 heterocycles. The van der Waals surface area contributed by atoms with Gasteiger partial charge in [-0.25, -0.2) is 0 Å². The fraction of sp³-hybridized carbons (Fsp3) is 0.538. The number of likely N-dealkylation sites (tertiary alicyclic amines) is 1. The molecular weight excluding hydrogens is 243 g/mol. The first-order chi connectivity index (χ1) is 8.36. The first-order valence-electron chi connectivity index (χ1n) is 5.90. The van der Waals surface area contributed by atoms with Crippen LogP contribution in [0.3, 0.4) is 0 Å². The zero-order valence-corrected chi connectivity index (χ0v) is 10.1. The Morgan fingerprint density at radius 3 is 2.28 bits per heavy atom. The van der Waals surface area contributed by atoms with Gasteiger partial charge < -0.3 is 10.0 Å². The van der Waals surface area contributed by atoms with Crippen LogP contribution in [0.15, 0.2) is 24.3 Å². The summed E-state index contributed by atoms with van der Waals surface area (Å²) in [7, 11) is 1.90. The highest BCUT2D eigenvalue weighted by Crippen LogP contribution is 2.32. The van der Waals surface area contributed by atoms with Gasteiger partial charge in [-0.15, -0.1) is 0 Å². The Morgan fingerprint density at radius 1 is 1.17 bits per heavy atom. The topological polar surface area (TPSA) is 23.5 Å². The fourth-order valence-corrected chi connectivity index (χ4v) is 2.47. The van der Waals surface area contributed by atoms with Gasteiger partial charge in [0.05, 0.1) is 11.7 Å². The maximum Gasteiger partial charge on any atom is 0.416 e. The number of aliphatic hydroxyl groups excluding tert-OH is 1.